The van der Waals surface area contributed by atoms with Crippen molar-refractivity contribution in [1.82, 2.24) is 4.90 Å². The third-order valence-corrected chi connectivity index (χ3v) is 4.90. The highest BCUT2D eigenvalue weighted by Crippen LogP contribution is 2.28. The molecule has 1 saturated heterocycles. The van der Waals surface area contributed by atoms with Gasteiger partial charge in [-0.1, -0.05) is 54.6 Å². The Labute approximate surface area is 154 Å². The van der Waals surface area contributed by atoms with Gasteiger partial charge >= 0.3 is 0 Å². The van der Waals surface area contributed by atoms with Crippen LogP contribution in [0.3, 0.4) is 0 Å². The predicted octanol–water partition coefficient (Wildman–Crippen LogP) is 3.29. The van der Waals surface area contributed by atoms with E-state index >= 15 is 0 Å². The van der Waals surface area contributed by atoms with Crippen molar-refractivity contribution in [3.63, 3.8) is 0 Å². The van der Waals surface area contributed by atoms with Crippen LogP contribution in [0.1, 0.15) is 40.2 Å². The Morgan fingerprint density at radius 3 is 2.42 bits per heavy atom. The zero-order chi connectivity index (χ0) is 18.4. The average molecular weight is 348 g/mol. The second kappa shape index (κ2) is 8.59. The number of carbonyl (C=O) groups excluding carboxylic acids is 2. The van der Waals surface area contributed by atoms with Gasteiger partial charge in [-0.15, -0.1) is 0 Å². The maximum absolute atomic E-state index is 12.3. The summed E-state index contributed by atoms with van der Waals surface area (Å²) in [7, 11) is 0. The van der Waals surface area contributed by atoms with Gasteiger partial charge in [-0.3, -0.25) is 9.59 Å². The number of piperidine rings is 1. The summed E-state index contributed by atoms with van der Waals surface area (Å²) in [5.74, 6) is 0.219. The lowest BCUT2D eigenvalue weighted by atomic mass is 9.88. The first-order chi connectivity index (χ1) is 12.7. The Kier molecular flexibility index (Phi) is 5.97. The van der Waals surface area contributed by atoms with Gasteiger partial charge in [0, 0.05) is 31.3 Å². The number of rotatable bonds is 5. The first-order valence-electron chi connectivity index (χ1n) is 9.02. The van der Waals surface area contributed by atoms with Crippen LogP contribution >= 0.6 is 0 Å². The summed E-state index contributed by atoms with van der Waals surface area (Å²) in [6.07, 6.45) is 4.62. The summed E-state index contributed by atoms with van der Waals surface area (Å²) in [5, 5.41) is 0. The van der Waals surface area contributed by atoms with E-state index in [0.717, 1.165) is 18.4 Å². The van der Waals surface area contributed by atoms with Gasteiger partial charge in [-0.25, -0.2) is 0 Å². The molecule has 1 fully saturated rings. The topological polar surface area (TPSA) is 63.4 Å². The lowest BCUT2D eigenvalue weighted by Crippen LogP contribution is -2.37. The molecule has 2 aromatic carbocycles. The standard InChI is InChI=1S/C22H24N2O2/c23-16-17-5-4-8-20(15-17)18-11-13-24(14-12-18)22(26)10-9-21(25)19-6-2-1-3-7-19/h1-10,15,18H,11-14,16,23H2/b10-9+. The first-order valence-corrected chi connectivity index (χ1v) is 9.02. The van der Waals surface area contributed by atoms with Crippen molar-refractivity contribution in [2.75, 3.05) is 13.1 Å². The van der Waals surface area contributed by atoms with Crippen molar-refractivity contribution in [3.8, 4) is 0 Å². The molecule has 0 aliphatic carbocycles. The van der Waals surface area contributed by atoms with Crippen molar-refractivity contribution < 1.29 is 9.59 Å². The quantitative estimate of drug-likeness (QED) is 0.666. The maximum Gasteiger partial charge on any atom is 0.246 e. The van der Waals surface area contributed by atoms with Gasteiger partial charge in [-0.2, -0.15) is 0 Å². The number of nitrogens with two attached hydrogens (primary N) is 1. The fourth-order valence-electron chi connectivity index (χ4n) is 3.36. The van der Waals surface area contributed by atoms with Crippen LogP contribution in [0.4, 0.5) is 0 Å². The summed E-state index contributed by atoms with van der Waals surface area (Å²) in [4.78, 5) is 26.2. The van der Waals surface area contributed by atoms with E-state index in [1.807, 2.05) is 35.2 Å². The first kappa shape index (κ1) is 18.1. The number of hydrogen-bond donors (Lipinski definition) is 1. The summed E-state index contributed by atoms with van der Waals surface area (Å²) < 4.78 is 0. The monoisotopic (exact) mass is 348 g/mol. The van der Waals surface area contributed by atoms with Crippen LogP contribution in [-0.2, 0) is 11.3 Å². The zero-order valence-corrected chi connectivity index (χ0v) is 14.8. The molecule has 0 atom stereocenters. The highest BCUT2D eigenvalue weighted by Gasteiger charge is 2.22. The molecule has 0 aromatic heterocycles. The Bertz CT molecular complexity index is 791. The molecule has 4 heteroatoms. The summed E-state index contributed by atoms with van der Waals surface area (Å²) in [6, 6.07) is 17.4. The normalized spacial score (nSPS) is 15.3. The molecule has 0 bridgehead atoms. The van der Waals surface area contributed by atoms with Crippen LogP contribution in [0, 0.1) is 0 Å². The van der Waals surface area contributed by atoms with Gasteiger partial charge in [0.05, 0.1) is 0 Å². The van der Waals surface area contributed by atoms with Crippen LogP contribution in [0.25, 0.3) is 0 Å². The van der Waals surface area contributed by atoms with Crippen LogP contribution in [0.15, 0.2) is 66.7 Å². The van der Waals surface area contributed by atoms with E-state index in [2.05, 4.69) is 12.1 Å². The van der Waals surface area contributed by atoms with E-state index < -0.39 is 0 Å². The highest BCUT2D eigenvalue weighted by atomic mass is 16.2. The van der Waals surface area contributed by atoms with Crippen LogP contribution in [0.2, 0.25) is 0 Å². The number of hydrogen-bond acceptors (Lipinski definition) is 3. The Balaban J connectivity index is 1.55. The van der Waals surface area contributed by atoms with E-state index in [9.17, 15) is 9.59 Å². The second-order valence-electron chi connectivity index (χ2n) is 6.61. The fourth-order valence-corrected chi connectivity index (χ4v) is 3.36. The van der Waals surface area contributed by atoms with Gasteiger partial charge in [0.25, 0.3) is 0 Å². The SMILES string of the molecule is NCc1cccc(C2CCN(C(=O)/C=C/C(=O)c3ccccc3)CC2)c1. The summed E-state index contributed by atoms with van der Waals surface area (Å²) in [5.41, 5.74) is 8.76. The van der Waals surface area contributed by atoms with E-state index in [1.54, 1.807) is 12.1 Å². The van der Waals surface area contributed by atoms with E-state index in [4.69, 9.17) is 5.73 Å². The largest absolute Gasteiger partial charge is 0.339 e. The number of carbonyl (C=O) groups is 2. The van der Waals surface area contributed by atoms with E-state index in [-0.39, 0.29) is 11.7 Å². The third-order valence-electron chi connectivity index (χ3n) is 4.90. The molecule has 134 valence electrons. The average Bonchev–Trinajstić information content (AvgIpc) is 2.72. The molecule has 4 nitrogen and oxygen atoms in total. The van der Waals surface area contributed by atoms with E-state index in [0.29, 0.717) is 31.1 Å². The number of benzene rings is 2. The van der Waals surface area contributed by atoms with Crippen molar-refractivity contribution in [1.29, 1.82) is 0 Å². The minimum absolute atomic E-state index is 0.0940. The molecule has 26 heavy (non-hydrogen) atoms. The molecule has 1 heterocycles. The molecule has 0 unspecified atom stereocenters. The van der Waals surface area contributed by atoms with Crippen molar-refractivity contribution in [3.05, 3.63) is 83.4 Å². The molecule has 0 radical (unpaired) electrons. The molecular weight excluding hydrogens is 324 g/mol. The molecule has 0 saturated carbocycles. The maximum atomic E-state index is 12.3. The summed E-state index contributed by atoms with van der Waals surface area (Å²) >= 11 is 0. The van der Waals surface area contributed by atoms with E-state index in [1.165, 1.54) is 17.7 Å². The van der Waals surface area contributed by atoms with Gasteiger partial charge in [0.15, 0.2) is 5.78 Å². The smallest absolute Gasteiger partial charge is 0.246 e. The molecule has 1 aliphatic rings. The van der Waals surface area contributed by atoms with Crippen molar-refractivity contribution in [2.24, 2.45) is 5.73 Å². The lowest BCUT2D eigenvalue weighted by Gasteiger charge is -2.31. The Hall–Kier alpha value is -2.72. The van der Waals surface area contributed by atoms with Crippen LogP contribution in [0.5, 0.6) is 0 Å². The molecule has 0 spiro atoms. The Morgan fingerprint density at radius 1 is 1.00 bits per heavy atom. The molecule has 1 amide bonds. The number of amides is 1. The van der Waals surface area contributed by atoms with Crippen molar-refractivity contribution >= 4 is 11.7 Å². The van der Waals surface area contributed by atoms with Gasteiger partial charge in [-0.05, 0) is 36.0 Å². The fraction of sp³-hybridized carbons (Fsp3) is 0.273. The minimum atomic E-state index is -0.146. The van der Waals surface area contributed by atoms with Crippen LogP contribution in [-0.4, -0.2) is 29.7 Å². The number of allylic oxidation sites excluding steroid dienone is 1. The van der Waals surface area contributed by atoms with Crippen molar-refractivity contribution in [2.45, 2.75) is 25.3 Å². The second-order valence-corrected chi connectivity index (χ2v) is 6.61. The number of likely N-dealkylation sites (tertiary alicyclic amines) is 1. The molecule has 2 N–H and O–H groups in total. The predicted molar refractivity (Wildman–Crippen MR) is 103 cm³/mol. The lowest BCUT2D eigenvalue weighted by molar-refractivity contribution is -0.127. The van der Waals surface area contributed by atoms with Gasteiger partial charge in [0.2, 0.25) is 5.91 Å². The third kappa shape index (κ3) is 4.46. The minimum Gasteiger partial charge on any atom is -0.339 e. The molecular formula is C22H24N2O2. The molecule has 2 aromatic rings. The number of ketones is 1. The van der Waals surface area contributed by atoms with Gasteiger partial charge in [0.1, 0.15) is 0 Å². The molecule has 1 aliphatic heterocycles. The summed E-state index contributed by atoms with van der Waals surface area (Å²) in [6.45, 7) is 1.96. The van der Waals surface area contributed by atoms with Crippen LogP contribution < -0.4 is 5.73 Å². The molecule has 3 rings (SSSR count). The van der Waals surface area contributed by atoms with Gasteiger partial charge < -0.3 is 10.6 Å². The Morgan fingerprint density at radius 2 is 1.73 bits per heavy atom. The zero-order valence-electron chi connectivity index (χ0n) is 14.8. The highest BCUT2D eigenvalue weighted by molar-refractivity contribution is 6.07. The number of nitrogens with zero attached hydrogens (tertiary/aromatic N) is 1.